The minimum absolute atomic E-state index is 0.169. The molecule has 0 radical (unpaired) electrons. The average molecular weight is 348 g/mol. The topological polar surface area (TPSA) is 42.2 Å². The van der Waals surface area contributed by atoms with Crippen LogP contribution in [0.2, 0.25) is 0 Å². The van der Waals surface area contributed by atoms with Gasteiger partial charge in [0.1, 0.15) is 36.1 Å². The van der Waals surface area contributed by atoms with Gasteiger partial charge in [-0.1, -0.05) is 15.9 Å². The van der Waals surface area contributed by atoms with Crippen LogP contribution in [0.3, 0.4) is 0 Å². The van der Waals surface area contributed by atoms with Crippen LogP contribution in [0, 0.1) is 17.1 Å². The van der Waals surface area contributed by atoms with Gasteiger partial charge in [0.2, 0.25) is 0 Å². The normalized spacial score (nSPS) is 16.0. The van der Waals surface area contributed by atoms with Crippen molar-refractivity contribution < 1.29 is 13.9 Å². The predicted octanol–water partition coefficient (Wildman–Crippen LogP) is 3.84. The van der Waals surface area contributed by atoms with Crippen molar-refractivity contribution in [2.45, 2.75) is 12.5 Å². The molecule has 1 aliphatic heterocycles. The third kappa shape index (κ3) is 3.01. The summed E-state index contributed by atoms with van der Waals surface area (Å²) in [6.07, 6.45) is 0.433. The zero-order valence-corrected chi connectivity index (χ0v) is 12.6. The molecule has 0 saturated carbocycles. The zero-order chi connectivity index (χ0) is 14.8. The molecule has 1 unspecified atom stereocenters. The molecule has 0 saturated heterocycles. The van der Waals surface area contributed by atoms with Crippen LogP contribution in [0.25, 0.3) is 0 Å². The lowest BCUT2D eigenvalue weighted by molar-refractivity contribution is 0.148. The van der Waals surface area contributed by atoms with Crippen molar-refractivity contribution in [2.24, 2.45) is 0 Å². The first-order chi connectivity index (χ1) is 10.2. The van der Waals surface area contributed by atoms with Crippen LogP contribution in [-0.4, -0.2) is 12.7 Å². The van der Waals surface area contributed by atoms with E-state index in [1.54, 1.807) is 18.2 Å². The van der Waals surface area contributed by atoms with E-state index in [0.29, 0.717) is 30.1 Å². The maximum atomic E-state index is 13.1. The van der Waals surface area contributed by atoms with Gasteiger partial charge in [-0.05, 0) is 36.4 Å². The van der Waals surface area contributed by atoms with Gasteiger partial charge in [-0.2, -0.15) is 5.26 Å². The molecule has 0 aliphatic carbocycles. The Hall–Kier alpha value is -2.06. The van der Waals surface area contributed by atoms with Crippen LogP contribution < -0.4 is 9.47 Å². The highest BCUT2D eigenvalue weighted by Gasteiger charge is 2.24. The highest BCUT2D eigenvalue weighted by atomic mass is 79.9. The first kappa shape index (κ1) is 13.9. The Morgan fingerprint density at radius 1 is 1.33 bits per heavy atom. The molecule has 106 valence electrons. The second-order valence-corrected chi connectivity index (χ2v) is 5.67. The van der Waals surface area contributed by atoms with Gasteiger partial charge in [0.15, 0.2) is 0 Å². The Kier molecular flexibility index (Phi) is 3.80. The van der Waals surface area contributed by atoms with Gasteiger partial charge in [-0.15, -0.1) is 0 Å². The Morgan fingerprint density at radius 3 is 3.00 bits per heavy atom. The second-order valence-electron chi connectivity index (χ2n) is 4.76. The molecule has 0 N–H and O–H groups in total. The summed E-state index contributed by atoms with van der Waals surface area (Å²) in [7, 11) is 0. The molecule has 2 aromatic rings. The maximum absolute atomic E-state index is 13.1. The number of nitrogens with zero attached hydrogens (tertiary/aromatic N) is 1. The number of halogens is 2. The van der Waals surface area contributed by atoms with Crippen molar-refractivity contribution in [1.82, 2.24) is 0 Å². The van der Waals surface area contributed by atoms with Gasteiger partial charge in [0.05, 0.1) is 5.56 Å². The van der Waals surface area contributed by atoms with Gasteiger partial charge in [0.25, 0.3) is 0 Å². The molecular weight excluding hydrogens is 337 g/mol. The van der Waals surface area contributed by atoms with Gasteiger partial charge >= 0.3 is 0 Å². The molecule has 0 amide bonds. The Labute approximate surface area is 130 Å². The van der Waals surface area contributed by atoms with Crippen molar-refractivity contribution in [3.05, 3.63) is 57.8 Å². The fraction of sp³-hybridized carbons (Fsp3) is 0.188. The summed E-state index contributed by atoms with van der Waals surface area (Å²) in [5.74, 6) is 0.950. The second kappa shape index (κ2) is 5.74. The highest BCUT2D eigenvalue weighted by Crippen LogP contribution is 2.30. The molecule has 3 rings (SSSR count). The van der Waals surface area contributed by atoms with Crippen molar-refractivity contribution in [2.75, 3.05) is 6.61 Å². The number of benzene rings is 2. The number of rotatable bonds is 3. The van der Waals surface area contributed by atoms with E-state index in [9.17, 15) is 4.39 Å². The van der Waals surface area contributed by atoms with E-state index in [1.165, 1.54) is 12.1 Å². The minimum Gasteiger partial charge on any atom is -0.488 e. The average Bonchev–Trinajstić information content (AvgIpc) is 2.87. The summed E-state index contributed by atoms with van der Waals surface area (Å²) in [5, 5.41) is 9.08. The monoisotopic (exact) mass is 347 g/mol. The fourth-order valence-corrected chi connectivity index (χ4v) is 2.64. The van der Waals surface area contributed by atoms with E-state index in [-0.39, 0.29) is 11.9 Å². The Morgan fingerprint density at radius 2 is 2.19 bits per heavy atom. The van der Waals surface area contributed by atoms with Crippen LogP contribution >= 0.6 is 15.9 Å². The molecule has 2 aromatic carbocycles. The van der Waals surface area contributed by atoms with Crippen molar-refractivity contribution in [1.29, 1.82) is 5.26 Å². The molecule has 1 aliphatic rings. The third-order valence-electron chi connectivity index (χ3n) is 3.25. The zero-order valence-electron chi connectivity index (χ0n) is 11.0. The van der Waals surface area contributed by atoms with Gasteiger partial charge in [0, 0.05) is 16.5 Å². The van der Waals surface area contributed by atoms with Crippen LogP contribution in [0.15, 0.2) is 40.9 Å². The number of hydrogen-bond donors (Lipinski definition) is 0. The molecule has 0 spiro atoms. The Balaban J connectivity index is 1.67. The van der Waals surface area contributed by atoms with E-state index in [2.05, 4.69) is 22.0 Å². The molecule has 1 heterocycles. The number of ether oxygens (including phenoxy) is 2. The van der Waals surface area contributed by atoms with Gasteiger partial charge < -0.3 is 9.47 Å². The SMILES string of the molecule is N#Cc1cc(Br)ccc1OCC1Cc2cc(F)ccc2O1. The maximum Gasteiger partial charge on any atom is 0.137 e. The lowest BCUT2D eigenvalue weighted by Crippen LogP contribution is -2.22. The largest absolute Gasteiger partial charge is 0.488 e. The van der Waals surface area contributed by atoms with Gasteiger partial charge in [-0.3, -0.25) is 0 Å². The van der Waals surface area contributed by atoms with Crippen LogP contribution in [-0.2, 0) is 6.42 Å². The summed E-state index contributed by atoms with van der Waals surface area (Å²) < 4.78 is 25.3. The first-order valence-corrected chi connectivity index (χ1v) is 7.22. The van der Waals surface area contributed by atoms with Crippen LogP contribution in [0.4, 0.5) is 4.39 Å². The number of nitriles is 1. The molecular formula is C16H11BrFNO2. The highest BCUT2D eigenvalue weighted by molar-refractivity contribution is 9.10. The van der Waals surface area contributed by atoms with Crippen molar-refractivity contribution in [3.63, 3.8) is 0 Å². The summed E-state index contributed by atoms with van der Waals surface area (Å²) in [5.41, 5.74) is 1.31. The molecule has 3 nitrogen and oxygen atoms in total. The summed E-state index contributed by atoms with van der Waals surface area (Å²) >= 11 is 3.31. The standard InChI is InChI=1S/C16H11BrFNO2/c17-12-1-3-15(11(5-12)8-19)20-9-14-7-10-6-13(18)2-4-16(10)21-14/h1-6,14H,7,9H2. The molecule has 0 aromatic heterocycles. The molecule has 5 heteroatoms. The lowest BCUT2D eigenvalue weighted by atomic mass is 10.1. The van der Waals surface area contributed by atoms with Crippen molar-refractivity contribution >= 4 is 15.9 Å². The van der Waals surface area contributed by atoms with E-state index < -0.39 is 0 Å². The minimum atomic E-state index is -0.265. The number of fused-ring (bicyclic) bond motifs is 1. The Bertz CT molecular complexity index is 727. The van der Waals surface area contributed by atoms with E-state index in [0.717, 1.165) is 10.0 Å². The smallest absolute Gasteiger partial charge is 0.137 e. The molecule has 0 bridgehead atoms. The van der Waals surface area contributed by atoms with E-state index >= 15 is 0 Å². The third-order valence-corrected chi connectivity index (χ3v) is 3.74. The first-order valence-electron chi connectivity index (χ1n) is 6.43. The predicted molar refractivity (Wildman–Crippen MR) is 78.9 cm³/mol. The quantitative estimate of drug-likeness (QED) is 0.846. The van der Waals surface area contributed by atoms with Crippen LogP contribution in [0.1, 0.15) is 11.1 Å². The molecule has 1 atom stereocenters. The lowest BCUT2D eigenvalue weighted by Gasteiger charge is -2.13. The summed E-state index contributed by atoms with van der Waals surface area (Å²) in [4.78, 5) is 0. The summed E-state index contributed by atoms with van der Waals surface area (Å²) in [6, 6.07) is 11.8. The van der Waals surface area contributed by atoms with Crippen molar-refractivity contribution in [3.8, 4) is 17.6 Å². The van der Waals surface area contributed by atoms with E-state index in [1.807, 2.05) is 6.07 Å². The van der Waals surface area contributed by atoms with Crippen LogP contribution in [0.5, 0.6) is 11.5 Å². The summed E-state index contributed by atoms with van der Waals surface area (Å²) in [6.45, 7) is 0.312. The fourth-order valence-electron chi connectivity index (χ4n) is 2.28. The molecule has 21 heavy (non-hydrogen) atoms. The number of hydrogen-bond acceptors (Lipinski definition) is 3. The van der Waals surface area contributed by atoms with Gasteiger partial charge in [-0.25, -0.2) is 4.39 Å². The molecule has 0 fully saturated rings. The van der Waals surface area contributed by atoms with E-state index in [4.69, 9.17) is 14.7 Å².